The highest BCUT2D eigenvalue weighted by Gasteiger charge is 2.19. The van der Waals surface area contributed by atoms with E-state index in [-0.39, 0.29) is 6.04 Å². The number of likely N-dealkylation sites (N-methyl/N-ethyl adjacent to an activating group) is 1. The number of aromatic nitrogens is 3. The second kappa shape index (κ2) is 5.95. The molecule has 1 N–H and O–H groups in total. The molecule has 0 saturated heterocycles. The number of nitrogens with one attached hydrogen (secondary N) is 1. The molecule has 0 radical (unpaired) electrons. The predicted octanol–water partition coefficient (Wildman–Crippen LogP) is 2.84. The van der Waals surface area contributed by atoms with Gasteiger partial charge >= 0.3 is 0 Å². The van der Waals surface area contributed by atoms with Crippen LogP contribution < -0.4 is 5.32 Å². The molecule has 2 heterocycles. The van der Waals surface area contributed by atoms with Crippen LogP contribution >= 0.6 is 27.3 Å². The van der Waals surface area contributed by atoms with Crippen molar-refractivity contribution in [3.63, 3.8) is 0 Å². The molecule has 2 rings (SSSR count). The Balaban J connectivity index is 2.23. The van der Waals surface area contributed by atoms with Crippen molar-refractivity contribution < 1.29 is 0 Å². The highest BCUT2D eigenvalue weighted by atomic mass is 79.9. The molecule has 0 fully saturated rings. The van der Waals surface area contributed by atoms with E-state index in [1.165, 1.54) is 5.69 Å². The van der Waals surface area contributed by atoms with E-state index >= 15 is 0 Å². The van der Waals surface area contributed by atoms with Gasteiger partial charge in [-0.3, -0.25) is 4.68 Å². The SMILES string of the molecule is CCNC(Cc1csc(C)n1)c1c(Br)cnn1C. The second-order valence-electron chi connectivity index (χ2n) is 4.17. The van der Waals surface area contributed by atoms with Gasteiger partial charge in [-0.15, -0.1) is 11.3 Å². The molecule has 0 aliphatic carbocycles. The van der Waals surface area contributed by atoms with Crippen LogP contribution in [0, 0.1) is 6.92 Å². The number of hydrogen-bond acceptors (Lipinski definition) is 4. The molecular weight excluding hydrogens is 312 g/mol. The van der Waals surface area contributed by atoms with Gasteiger partial charge in [0.1, 0.15) is 0 Å². The molecule has 0 amide bonds. The minimum atomic E-state index is 0.235. The summed E-state index contributed by atoms with van der Waals surface area (Å²) in [6, 6.07) is 0.235. The zero-order valence-corrected chi connectivity index (χ0v) is 13.2. The molecule has 4 nitrogen and oxygen atoms in total. The zero-order valence-electron chi connectivity index (χ0n) is 10.8. The van der Waals surface area contributed by atoms with Crippen LogP contribution in [0.4, 0.5) is 0 Å². The van der Waals surface area contributed by atoms with E-state index in [0.29, 0.717) is 0 Å². The maximum Gasteiger partial charge on any atom is 0.0897 e. The van der Waals surface area contributed by atoms with Crippen molar-refractivity contribution >= 4 is 27.3 Å². The van der Waals surface area contributed by atoms with Gasteiger partial charge in [0.25, 0.3) is 0 Å². The fourth-order valence-corrected chi connectivity index (χ4v) is 3.29. The maximum absolute atomic E-state index is 4.54. The minimum Gasteiger partial charge on any atom is -0.309 e. The van der Waals surface area contributed by atoms with Crippen LogP contribution in [0.5, 0.6) is 0 Å². The van der Waals surface area contributed by atoms with Crippen LogP contribution in [0.25, 0.3) is 0 Å². The Morgan fingerprint density at radius 3 is 2.83 bits per heavy atom. The van der Waals surface area contributed by atoms with Crippen LogP contribution in [0.2, 0.25) is 0 Å². The molecule has 98 valence electrons. The smallest absolute Gasteiger partial charge is 0.0897 e. The molecule has 0 spiro atoms. The maximum atomic E-state index is 4.54. The average molecular weight is 329 g/mol. The standard InChI is InChI=1S/C12H17BrN4S/c1-4-14-11(5-9-7-18-8(2)16-9)12-10(13)6-15-17(12)3/h6-7,11,14H,4-5H2,1-3H3. The van der Waals surface area contributed by atoms with Gasteiger partial charge in [-0.2, -0.15) is 5.10 Å². The summed E-state index contributed by atoms with van der Waals surface area (Å²) in [6.07, 6.45) is 2.72. The van der Waals surface area contributed by atoms with Crippen LogP contribution in [-0.2, 0) is 13.5 Å². The van der Waals surface area contributed by atoms with E-state index < -0.39 is 0 Å². The van der Waals surface area contributed by atoms with Crippen molar-refractivity contribution in [3.8, 4) is 0 Å². The Hall–Kier alpha value is -0.720. The highest BCUT2D eigenvalue weighted by Crippen LogP contribution is 2.25. The summed E-state index contributed by atoms with van der Waals surface area (Å²) >= 11 is 5.26. The Morgan fingerprint density at radius 2 is 2.33 bits per heavy atom. The summed E-state index contributed by atoms with van der Waals surface area (Å²) in [6.45, 7) is 5.07. The van der Waals surface area contributed by atoms with Crippen molar-refractivity contribution in [2.24, 2.45) is 7.05 Å². The first kappa shape index (κ1) is 13.7. The fraction of sp³-hybridized carbons (Fsp3) is 0.500. The van der Waals surface area contributed by atoms with Crippen LogP contribution in [0.1, 0.15) is 29.4 Å². The topological polar surface area (TPSA) is 42.7 Å². The van der Waals surface area contributed by atoms with Gasteiger partial charge in [0, 0.05) is 18.8 Å². The summed E-state index contributed by atoms with van der Waals surface area (Å²) in [5.41, 5.74) is 2.30. The fourth-order valence-electron chi connectivity index (χ4n) is 2.04. The Bertz CT molecular complexity index is 500. The first-order chi connectivity index (χ1) is 8.61. The quantitative estimate of drug-likeness (QED) is 0.917. The normalized spacial score (nSPS) is 12.9. The summed E-state index contributed by atoms with van der Waals surface area (Å²) in [7, 11) is 1.97. The molecule has 1 atom stereocenters. The Kier molecular flexibility index (Phi) is 4.53. The molecule has 1 unspecified atom stereocenters. The van der Waals surface area contributed by atoms with Gasteiger partial charge in [0.15, 0.2) is 0 Å². The van der Waals surface area contributed by atoms with Crippen LogP contribution in [-0.4, -0.2) is 21.3 Å². The van der Waals surface area contributed by atoms with Gasteiger partial charge in [-0.25, -0.2) is 4.98 Å². The second-order valence-corrected chi connectivity index (χ2v) is 6.09. The third kappa shape index (κ3) is 2.99. The van der Waals surface area contributed by atoms with Gasteiger partial charge in [-0.1, -0.05) is 6.92 Å². The van der Waals surface area contributed by atoms with Gasteiger partial charge < -0.3 is 5.32 Å². The summed E-state index contributed by atoms with van der Waals surface area (Å²) in [4.78, 5) is 4.54. The first-order valence-corrected chi connectivity index (χ1v) is 7.60. The van der Waals surface area contributed by atoms with E-state index in [2.05, 4.69) is 43.6 Å². The van der Waals surface area contributed by atoms with E-state index in [0.717, 1.165) is 28.1 Å². The van der Waals surface area contributed by atoms with E-state index in [1.807, 2.05) is 24.9 Å². The van der Waals surface area contributed by atoms with Crippen LogP contribution in [0.15, 0.2) is 16.0 Å². The molecule has 0 aliphatic rings. The van der Waals surface area contributed by atoms with Crippen molar-refractivity contribution in [1.29, 1.82) is 0 Å². The number of nitrogens with zero attached hydrogens (tertiary/aromatic N) is 3. The number of rotatable bonds is 5. The van der Waals surface area contributed by atoms with E-state index in [9.17, 15) is 0 Å². The number of hydrogen-bond donors (Lipinski definition) is 1. The number of halogens is 1. The molecule has 0 bridgehead atoms. The van der Waals surface area contributed by atoms with Crippen LogP contribution in [0.3, 0.4) is 0 Å². The van der Waals surface area contributed by atoms with Gasteiger partial charge in [0.2, 0.25) is 0 Å². The summed E-state index contributed by atoms with van der Waals surface area (Å²) in [5.74, 6) is 0. The lowest BCUT2D eigenvalue weighted by atomic mass is 10.1. The molecular formula is C12H17BrN4S. The lowest BCUT2D eigenvalue weighted by molar-refractivity contribution is 0.502. The molecule has 6 heteroatoms. The minimum absolute atomic E-state index is 0.235. The third-order valence-electron chi connectivity index (χ3n) is 2.80. The molecule has 2 aromatic rings. The zero-order chi connectivity index (χ0) is 13.1. The molecule has 18 heavy (non-hydrogen) atoms. The average Bonchev–Trinajstić information content (AvgIpc) is 2.86. The van der Waals surface area contributed by atoms with Crippen molar-refractivity contribution in [2.45, 2.75) is 26.3 Å². The molecule has 0 aromatic carbocycles. The Labute approximate surface area is 120 Å². The molecule has 2 aromatic heterocycles. The van der Waals surface area contributed by atoms with E-state index in [4.69, 9.17) is 0 Å². The lowest BCUT2D eigenvalue weighted by Crippen LogP contribution is -2.25. The summed E-state index contributed by atoms with van der Waals surface area (Å²) < 4.78 is 2.96. The highest BCUT2D eigenvalue weighted by molar-refractivity contribution is 9.10. The van der Waals surface area contributed by atoms with Crippen molar-refractivity contribution in [2.75, 3.05) is 6.54 Å². The number of aryl methyl sites for hydroxylation is 2. The monoisotopic (exact) mass is 328 g/mol. The third-order valence-corrected chi connectivity index (χ3v) is 4.23. The number of thiazole rings is 1. The largest absolute Gasteiger partial charge is 0.309 e. The first-order valence-electron chi connectivity index (χ1n) is 5.93. The van der Waals surface area contributed by atoms with E-state index in [1.54, 1.807) is 11.3 Å². The Morgan fingerprint density at radius 1 is 1.56 bits per heavy atom. The van der Waals surface area contributed by atoms with Crippen molar-refractivity contribution in [1.82, 2.24) is 20.1 Å². The van der Waals surface area contributed by atoms with Crippen molar-refractivity contribution in [3.05, 3.63) is 32.4 Å². The predicted molar refractivity (Wildman–Crippen MR) is 77.9 cm³/mol. The molecule has 0 aliphatic heterocycles. The van der Waals surface area contributed by atoms with Gasteiger partial charge in [0.05, 0.1) is 33.1 Å². The molecule has 0 saturated carbocycles. The summed E-state index contributed by atoms with van der Waals surface area (Å²) in [5, 5.41) is 11.0. The van der Waals surface area contributed by atoms with Gasteiger partial charge in [-0.05, 0) is 29.4 Å². The lowest BCUT2D eigenvalue weighted by Gasteiger charge is -2.18.